The van der Waals surface area contributed by atoms with Crippen molar-refractivity contribution in [3.05, 3.63) is 132 Å². The number of carbonyl (C=O) groups is 1. The number of hydrogen-bond donors (Lipinski definition) is 2. The zero-order chi connectivity index (χ0) is 36.8. The minimum Gasteiger partial charge on any atom is -0.493 e. The number of nitrogens with two attached hydrogens (primary N) is 1. The van der Waals surface area contributed by atoms with E-state index in [4.69, 9.17) is 25.2 Å². The van der Waals surface area contributed by atoms with Gasteiger partial charge in [0.1, 0.15) is 11.3 Å². The number of pyridine rings is 2. The predicted molar refractivity (Wildman–Crippen MR) is 208 cm³/mol. The Morgan fingerprint density at radius 3 is 1.75 bits per heavy atom. The maximum Gasteiger partial charge on any atom is 0.255 e. The fourth-order valence-corrected chi connectivity index (χ4v) is 6.11. The summed E-state index contributed by atoms with van der Waals surface area (Å²) in [7, 11) is 11.3. The summed E-state index contributed by atoms with van der Waals surface area (Å²) in [5, 5.41) is 3.04. The lowest BCUT2D eigenvalue weighted by molar-refractivity contribution is 0.102. The van der Waals surface area contributed by atoms with E-state index in [2.05, 4.69) is 38.0 Å². The maximum atomic E-state index is 13.1. The fourth-order valence-electron chi connectivity index (χ4n) is 6.11. The number of nitrogen functional groups attached to an aromatic ring is 1. The quantitative estimate of drug-likeness (QED) is 0.147. The molecule has 0 fully saturated rings. The monoisotopic (exact) mass is 696 g/mol. The minimum absolute atomic E-state index is 0.240. The number of amides is 1. The highest BCUT2D eigenvalue weighted by molar-refractivity contribution is 6.06. The average Bonchev–Trinajstić information content (AvgIpc) is 3.69. The van der Waals surface area contributed by atoms with E-state index >= 15 is 0 Å². The van der Waals surface area contributed by atoms with E-state index in [1.54, 1.807) is 32.4 Å². The minimum atomic E-state index is -0.240. The normalized spacial score (nSPS) is 11.2. The first-order valence-corrected chi connectivity index (χ1v) is 16.9. The van der Waals surface area contributed by atoms with Crippen molar-refractivity contribution >= 4 is 28.6 Å². The molecule has 11 heteroatoms. The van der Waals surface area contributed by atoms with Crippen LogP contribution < -0.4 is 20.5 Å². The lowest BCUT2D eigenvalue weighted by atomic mass is 10.1. The molecule has 4 heterocycles. The second-order valence-corrected chi connectivity index (χ2v) is 12.8. The summed E-state index contributed by atoms with van der Waals surface area (Å²) in [6.45, 7) is 1.52. The zero-order valence-corrected chi connectivity index (χ0v) is 30.4. The van der Waals surface area contributed by atoms with Crippen molar-refractivity contribution in [2.24, 2.45) is 0 Å². The molecule has 0 aliphatic carbocycles. The molecule has 0 saturated carbocycles. The van der Waals surface area contributed by atoms with Crippen molar-refractivity contribution in [3.8, 4) is 34.0 Å². The number of aromatic nitrogens is 4. The average molecular weight is 697 g/mol. The van der Waals surface area contributed by atoms with E-state index in [0.717, 1.165) is 57.4 Å². The molecule has 3 aromatic carbocycles. The molecule has 0 spiro atoms. The molecule has 0 atom stereocenters. The molecule has 7 rings (SSSR count). The van der Waals surface area contributed by atoms with Gasteiger partial charge in [-0.05, 0) is 82.8 Å². The lowest BCUT2D eigenvalue weighted by Crippen LogP contribution is -2.14. The fraction of sp³-hybridized carbons (Fsp3) is 0.195. The SMILES string of the molecule is CN(C)Cc1c(-c2ccccc2N)nc2ccccn12.COc1ccc(C(=O)Nc2ccccc2-c2nc3ccccn3c2CN(C)C)cc1OC. The van der Waals surface area contributed by atoms with E-state index in [9.17, 15) is 4.79 Å². The van der Waals surface area contributed by atoms with Crippen LogP contribution in [0.1, 0.15) is 21.7 Å². The van der Waals surface area contributed by atoms with Gasteiger partial charge in [0.25, 0.3) is 5.91 Å². The molecule has 0 bridgehead atoms. The third-order valence-corrected chi connectivity index (χ3v) is 8.48. The molecule has 0 saturated heterocycles. The van der Waals surface area contributed by atoms with Gasteiger partial charge in [0.15, 0.2) is 11.5 Å². The van der Waals surface area contributed by atoms with Gasteiger partial charge < -0.3 is 39.1 Å². The Hall–Kier alpha value is -6.17. The topological polar surface area (TPSA) is 115 Å². The van der Waals surface area contributed by atoms with Gasteiger partial charge in [0, 0.05) is 47.9 Å². The highest BCUT2D eigenvalue weighted by Gasteiger charge is 2.20. The zero-order valence-electron chi connectivity index (χ0n) is 30.4. The van der Waals surface area contributed by atoms with Crippen molar-refractivity contribution in [1.82, 2.24) is 28.6 Å². The number of anilines is 2. The molecular weight excluding hydrogens is 653 g/mol. The number of para-hydroxylation sites is 2. The van der Waals surface area contributed by atoms with Crippen LogP contribution in [0.5, 0.6) is 11.5 Å². The second-order valence-electron chi connectivity index (χ2n) is 12.8. The maximum absolute atomic E-state index is 13.1. The smallest absolute Gasteiger partial charge is 0.255 e. The summed E-state index contributed by atoms with van der Waals surface area (Å²) in [5.74, 6) is 0.834. The van der Waals surface area contributed by atoms with Gasteiger partial charge in [0.2, 0.25) is 0 Å². The van der Waals surface area contributed by atoms with Gasteiger partial charge in [0.05, 0.1) is 42.7 Å². The Morgan fingerprint density at radius 1 is 0.673 bits per heavy atom. The third-order valence-electron chi connectivity index (χ3n) is 8.48. The number of imidazole rings is 2. The first kappa shape index (κ1) is 35.6. The Kier molecular flexibility index (Phi) is 10.8. The standard InChI is InChI=1S/C25H26N4O3.C16H18N4/c1-28(2)16-20-24(27-23-11-7-8-14-29(20)23)18-9-5-6-10-19(18)26-25(30)17-12-13-21(31-3)22(15-17)32-4;1-19(2)11-14-16(12-7-3-4-8-13(12)17)18-15-9-5-6-10-20(14)15/h5-15H,16H2,1-4H3,(H,26,30);3-10H,11,17H2,1-2H3. The summed E-state index contributed by atoms with van der Waals surface area (Å²) in [4.78, 5) is 26.9. The summed E-state index contributed by atoms with van der Waals surface area (Å²) in [6.07, 6.45) is 4.05. The molecule has 266 valence electrons. The Labute approximate surface area is 303 Å². The number of methoxy groups -OCH3 is 2. The first-order valence-electron chi connectivity index (χ1n) is 16.9. The number of benzene rings is 3. The predicted octanol–water partition coefficient (Wildman–Crippen LogP) is 6.98. The van der Waals surface area contributed by atoms with Gasteiger partial charge in [-0.15, -0.1) is 0 Å². The molecule has 1 amide bonds. The largest absolute Gasteiger partial charge is 0.493 e. The molecular formula is C41H44N8O3. The Bertz CT molecular complexity index is 2330. The van der Waals surface area contributed by atoms with Crippen molar-refractivity contribution < 1.29 is 14.3 Å². The van der Waals surface area contributed by atoms with Gasteiger partial charge in [-0.2, -0.15) is 0 Å². The number of nitrogens with one attached hydrogen (secondary N) is 1. The van der Waals surface area contributed by atoms with Crippen molar-refractivity contribution in [1.29, 1.82) is 0 Å². The van der Waals surface area contributed by atoms with Crippen molar-refractivity contribution in [3.63, 3.8) is 0 Å². The summed E-state index contributed by atoms with van der Waals surface area (Å²) < 4.78 is 14.8. The van der Waals surface area contributed by atoms with Crippen LogP contribution >= 0.6 is 0 Å². The Morgan fingerprint density at radius 2 is 1.19 bits per heavy atom. The summed E-state index contributed by atoms with van der Waals surface area (Å²) in [6, 6.07) is 32.7. The van der Waals surface area contributed by atoms with E-state index in [-0.39, 0.29) is 5.91 Å². The molecule has 0 aliphatic rings. The molecule has 3 N–H and O–H groups in total. The Balaban J connectivity index is 0.000000198. The third kappa shape index (κ3) is 7.60. The van der Waals surface area contributed by atoms with Crippen LogP contribution in [0.25, 0.3) is 33.8 Å². The highest BCUT2D eigenvalue weighted by Crippen LogP contribution is 2.33. The molecule has 4 aromatic heterocycles. The van der Waals surface area contributed by atoms with E-state index in [1.807, 2.05) is 111 Å². The number of rotatable bonds is 10. The molecule has 0 radical (unpaired) electrons. The highest BCUT2D eigenvalue weighted by atomic mass is 16.5. The van der Waals surface area contributed by atoms with Crippen LogP contribution in [-0.2, 0) is 13.1 Å². The van der Waals surface area contributed by atoms with Crippen LogP contribution in [0, 0.1) is 0 Å². The first-order chi connectivity index (χ1) is 25.2. The van der Waals surface area contributed by atoms with E-state index in [0.29, 0.717) is 29.3 Å². The van der Waals surface area contributed by atoms with Crippen LogP contribution in [0.15, 0.2) is 116 Å². The van der Waals surface area contributed by atoms with Crippen LogP contribution in [0.3, 0.4) is 0 Å². The van der Waals surface area contributed by atoms with E-state index in [1.165, 1.54) is 0 Å². The van der Waals surface area contributed by atoms with Gasteiger partial charge in [-0.25, -0.2) is 9.97 Å². The lowest BCUT2D eigenvalue weighted by Gasteiger charge is -2.14. The number of ether oxygens (including phenoxy) is 2. The summed E-state index contributed by atoms with van der Waals surface area (Å²) in [5.41, 5.74) is 15.7. The van der Waals surface area contributed by atoms with Crippen molar-refractivity contribution in [2.75, 3.05) is 53.5 Å². The molecule has 52 heavy (non-hydrogen) atoms. The molecule has 0 unspecified atom stereocenters. The van der Waals surface area contributed by atoms with Crippen molar-refractivity contribution in [2.45, 2.75) is 13.1 Å². The molecule has 7 aromatic rings. The number of hydrogen-bond acceptors (Lipinski definition) is 8. The second kappa shape index (κ2) is 15.8. The van der Waals surface area contributed by atoms with Gasteiger partial charge in [-0.1, -0.05) is 48.5 Å². The number of carbonyl (C=O) groups excluding carboxylic acids is 1. The molecule has 0 aliphatic heterocycles. The van der Waals surface area contributed by atoms with Gasteiger partial charge in [-0.3, -0.25) is 4.79 Å². The number of nitrogens with zero attached hydrogens (tertiary/aromatic N) is 6. The van der Waals surface area contributed by atoms with Gasteiger partial charge >= 0.3 is 0 Å². The van der Waals surface area contributed by atoms with Crippen LogP contribution in [-0.4, -0.2) is 76.9 Å². The van der Waals surface area contributed by atoms with Crippen LogP contribution in [0.4, 0.5) is 11.4 Å². The number of fused-ring (bicyclic) bond motifs is 2. The summed E-state index contributed by atoms with van der Waals surface area (Å²) >= 11 is 0. The van der Waals surface area contributed by atoms with E-state index < -0.39 is 0 Å². The molecule has 11 nitrogen and oxygen atoms in total. The van der Waals surface area contributed by atoms with Crippen LogP contribution in [0.2, 0.25) is 0 Å².